The monoisotopic (exact) mass is 316 g/mol. The Balaban J connectivity index is 1.98. The van der Waals surface area contributed by atoms with Gasteiger partial charge < -0.3 is 0 Å². The number of aromatic nitrogens is 1. The maximum Gasteiger partial charge on any atom is 0.240 e. The lowest BCUT2D eigenvalue weighted by Crippen LogP contribution is -2.25. The Morgan fingerprint density at radius 2 is 2.00 bits per heavy atom. The van der Waals surface area contributed by atoms with Crippen LogP contribution in [0, 0.1) is 6.92 Å². The first-order chi connectivity index (χ1) is 8.99. The van der Waals surface area contributed by atoms with Gasteiger partial charge in [0.25, 0.3) is 0 Å². The van der Waals surface area contributed by atoms with E-state index in [9.17, 15) is 8.42 Å². The highest BCUT2D eigenvalue weighted by Crippen LogP contribution is 2.15. The van der Waals surface area contributed by atoms with Crippen LogP contribution >= 0.6 is 22.9 Å². The molecule has 7 heteroatoms. The minimum absolute atomic E-state index is 0.220. The third-order valence-electron chi connectivity index (χ3n) is 2.61. The second-order valence-electron chi connectivity index (χ2n) is 3.96. The summed E-state index contributed by atoms with van der Waals surface area (Å²) < 4.78 is 26.5. The molecule has 0 saturated heterocycles. The Bertz CT molecular complexity index is 651. The minimum Gasteiger partial charge on any atom is -0.250 e. The van der Waals surface area contributed by atoms with Crippen LogP contribution in [0.2, 0.25) is 5.02 Å². The Kier molecular flexibility index (Phi) is 4.57. The molecular weight excluding hydrogens is 304 g/mol. The van der Waals surface area contributed by atoms with E-state index in [-0.39, 0.29) is 4.90 Å². The van der Waals surface area contributed by atoms with Crippen molar-refractivity contribution >= 4 is 33.0 Å². The van der Waals surface area contributed by atoms with Gasteiger partial charge in [0.2, 0.25) is 10.0 Å². The van der Waals surface area contributed by atoms with Gasteiger partial charge in [-0.1, -0.05) is 11.6 Å². The topological polar surface area (TPSA) is 59.1 Å². The quantitative estimate of drug-likeness (QED) is 0.922. The smallest absolute Gasteiger partial charge is 0.240 e. The number of hydrogen-bond acceptors (Lipinski definition) is 4. The lowest BCUT2D eigenvalue weighted by atomic mass is 10.3. The molecule has 0 bridgehead atoms. The van der Waals surface area contributed by atoms with Gasteiger partial charge >= 0.3 is 0 Å². The number of thiazole rings is 1. The zero-order valence-corrected chi connectivity index (χ0v) is 12.6. The number of halogens is 1. The van der Waals surface area contributed by atoms with Crippen LogP contribution < -0.4 is 4.72 Å². The molecule has 0 aliphatic heterocycles. The third-order valence-corrected chi connectivity index (χ3v) is 5.34. The summed E-state index contributed by atoms with van der Waals surface area (Å²) in [7, 11) is -3.47. The molecule has 1 heterocycles. The molecule has 0 aliphatic carbocycles. The van der Waals surface area contributed by atoms with Crippen molar-refractivity contribution in [2.45, 2.75) is 18.2 Å². The van der Waals surface area contributed by atoms with Crippen molar-refractivity contribution in [2.75, 3.05) is 6.54 Å². The Labute approximate surface area is 121 Å². The van der Waals surface area contributed by atoms with E-state index in [0.717, 1.165) is 10.6 Å². The molecule has 1 aromatic carbocycles. The standard InChI is InChI=1S/C12H13ClN2O2S2/c1-9-12(18-8-14-9)6-7-15-19(16,17)11-4-2-10(13)3-5-11/h2-5,8,15H,6-7H2,1H3. The summed E-state index contributed by atoms with van der Waals surface area (Å²) in [6.45, 7) is 2.27. The molecule has 0 unspecified atom stereocenters. The lowest BCUT2D eigenvalue weighted by Gasteiger charge is -2.06. The molecular formula is C12H13ClN2O2S2. The first-order valence-electron chi connectivity index (χ1n) is 5.63. The molecule has 0 fully saturated rings. The number of nitrogens with one attached hydrogen (secondary N) is 1. The fourth-order valence-electron chi connectivity index (χ4n) is 1.56. The fraction of sp³-hybridized carbons (Fsp3) is 0.250. The van der Waals surface area contributed by atoms with E-state index in [1.165, 1.54) is 23.5 Å². The molecule has 0 aliphatic rings. The second-order valence-corrected chi connectivity index (χ2v) is 7.11. The van der Waals surface area contributed by atoms with E-state index in [1.807, 2.05) is 6.92 Å². The number of aryl methyl sites for hydroxylation is 1. The number of rotatable bonds is 5. The molecule has 19 heavy (non-hydrogen) atoms. The minimum atomic E-state index is -3.47. The van der Waals surface area contributed by atoms with Gasteiger partial charge in [0.05, 0.1) is 16.1 Å². The molecule has 2 aromatic rings. The second kappa shape index (κ2) is 6.00. The molecule has 1 aromatic heterocycles. The predicted octanol–water partition coefficient (Wildman–Crippen LogP) is 2.63. The highest BCUT2D eigenvalue weighted by Gasteiger charge is 2.13. The Morgan fingerprint density at radius 1 is 1.32 bits per heavy atom. The maximum absolute atomic E-state index is 12.0. The van der Waals surface area contributed by atoms with Crippen molar-refractivity contribution in [1.29, 1.82) is 0 Å². The van der Waals surface area contributed by atoms with Gasteiger partial charge in [0, 0.05) is 16.4 Å². The van der Waals surface area contributed by atoms with E-state index < -0.39 is 10.0 Å². The van der Waals surface area contributed by atoms with Gasteiger partial charge in [-0.2, -0.15) is 0 Å². The summed E-state index contributed by atoms with van der Waals surface area (Å²) in [5.41, 5.74) is 2.72. The Morgan fingerprint density at radius 3 is 2.58 bits per heavy atom. The summed E-state index contributed by atoms with van der Waals surface area (Å²) in [5.74, 6) is 0. The van der Waals surface area contributed by atoms with Gasteiger partial charge in [-0.3, -0.25) is 0 Å². The molecule has 0 radical (unpaired) electrons. The van der Waals surface area contributed by atoms with Crippen LogP contribution in [0.1, 0.15) is 10.6 Å². The summed E-state index contributed by atoms with van der Waals surface area (Å²) >= 11 is 7.26. The number of sulfonamides is 1. The lowest BCUT2D eigenvalue weighted by molar-refractivity contribution is 0.582. The highest BCUT2D eigenvalue weighted by atomic mass is 35.5. The molecule has 1 N–H and O–H groups in total. The molecule has 0 atom stereocenters. The van der Waals surface area contributed by atoms with Crippen LogP contribution in [0.3, 0.4) is 0 Å². The van der Waals surface area contributed by atoms with Crippen LogP contribution in [0.5, 0.6) is 0 Å². The molecule has 0 spiro atoms. The van der Waals surface area contributed by atoms with Crippen molar-refractivity contribution in [2.24, 2.45) is 0 Å². The Hall–Kier alpha value is -0.950. The maximum atomic E-state index is 12.0. The first-order valence-corrected chi connectivity index (χ1v) is 8.37. The van der Waals surface area contributed by atoms with Crippen LogP contribution in [0.4, 0.5) is 0 Å². The molecule has 0 amide bonds. The molecule has 0 saturated carbocycles. The van der Waals surface area contributed by atoms with E-state index in [2.05, 4.69) is 9.71 Å². The van der Waals surface area contributed by atoms with E-state index in [1.54, 1.807) is 17.6 Å². The van der Waals surface area contributed by atoms with E-state index in [0.29, 0.717) is 18.0 Å². The zero-order valence-electron chi connectivity index (χ0n) is 10.3. The average Bonchev–Trinajstić information content (AvgIpc) is 2.75. The van der Waals surface area contributed by atoms with Gasteiger partial charge in [0.15, 0.2) is 0 Å². The normalized spacial score (nSPS) is 11.7. The molecule has 2 rings (SSSR count). The summed E-state index contributed by atoms with van der Waals surface area (Å²) in [6.07, 6.45) is 0.642. The molecule has 4 nitrogen and oxygen atoms in total. The summed E-state index contributed by atoms with van der Waals surface area (Å²) in [6, 6.07) is 6.10. The number of benzene rings is 1. The van der Waals surface area contributed by atoms with Crippen molar-refractivity contribution in [1.82, 2.24) is 9.71 Å². The first kappa shape index (κ1) is 14.5. The van der Waals surface area contributed by atoms with Gasteiger partial charge in [-0.15, -0.1) is 11.3 Å². The number of nitrogens with zero attached hydrogens (tertiary/aromatic N) is 1. The van der Waals surface area contributed by atoms with Crippen LogP contribution in [0.25, 0.3) is 0 Å². The van der Waals surface area contributed by atoms with Crippen LogP contribution in [0.15, 0.2) is 34.7 Å². The van der Waals surface area contributed by atoms with Crippen molar-refractivity contribution in [3.63, 3.8) is 0 Å². The van der Waals surface area contributed by atoms with Crippen LogP contribution in [-0.4, -0.2) is 19.9 Å². The largest absolute Gasteiger partial charge is 0.250 e. The predicted molar refractivity (Wildman–Crippen MR) is 77.2 cm³/mol. The summed E-state index contributed by atoms with van der Waals surface area (Å²) in [4.78, 5) is 5.44. The van der Waals surface area contributed by atoms with Crippen molar-refractivity contribution in [3.8, 4) is 0 Å². The van der Waals surface area contributed by atoms with Crippen LogP contribution in [-0.2, 0) is 16.4 Å². The summed E-state index contributed by atoms with van der Waals surface area (Å²) in [5, 5.41) is 0.513. The third kappa shape index (κ3) is 3.76. The number of hydrogen-bond donors (Lipinski definition) is 1. The van der Waals surface area contributed by atoms with E-state index in [4.69, 9.17) is 11.6 Å². The molecule has 102 valence electrons. The van der Waals surface area contributed by atoms with Gasteiger partial charge in [-0.25, -0.2) is 18.1 Å². The van der Waals surface area contributed by atoms with Gasteiger partial charge in [-0.05, 0) is 37.6 Å². The van der Waals surface area contributed by atoms with Gasteiger partial charge in [0.1, 0.15) is 0 Å². The average molecular weight is 317 g/mol. The van der Waals surface area contributed by atoms with Crippen molar-refractivity contribution < 1.29 is 8.42 Å². The van der Waals surface area contributed by atoms with Crippen molar-refractivity contribution in [3.05, 3.63) is 45.4 Å². The van der Waals surface area contributed by atoms with E-state index >= 15 is 0 Å². The fourth-order valence-corrected chi connectivity index (χ4v) is 3.50. The SMILES string of the molecule is Cc1ncsc1CCNS(=O)(=O)c1ccc(Cl)cc1. The highest BCUT2D eigenvalue weighted by molar-refractivity contribution is 7.89. The zero-order chi connectivity index (χ0) is 13.9.